The Bertz CT molecular complexity index is 819. The maximum Gasteiger partial charge on any atom is 0.420 e. The molecule has 1 atom stereocenters. The van der Waals surface area contributed by atoms with E-state index in [1.165, 1.54) is 4.90 Å². The Morgan fingerprint density at radius 2 is 2.03 bits per heavy atom. The average Bonchev–Trinajstić information content (AvgIpc) is 3.06. The fraction of sp³-hybridized carbons (Fsp3) is 0.550. The minimum atomic E-state index is -4.76. The second kappa shape index (κ2) is 8.93. The van der Waals surface area contributed by atoms with Crippen LogP contribution < -0.4 is 10.2 Å². The SMILES string of the molecule is C=CCC1CCCN1c1nc(C(=O)OC)c(NC(=O)OC(C)(C)C)cc1C(F)(F)F. The number of methoxy groups -OCH3 is 1. The fourth-order valence-electron chi connectivity index (χ4n) is 3.24. The monoisotopic (exact) mass is 429 g/mol. The summed E-state index contributed by atoms with van der Waals surface area (Å²) in [6.07, 6.45) is -2.30. The van der Waals surface area contributed by atoms with Gasteiger partial charge in [0.2, 0.25) is 0 Å². The number of alkyl halides is 3. The highest BCUT2D eigenvalue weighted by Gasteiger charge is 2.40. The van der Waals surface area contributed by atoms with Crippen LogP contribution in [0.15, 0.2) is 18.7 Å². The number of pyridine rings is 1. The van der Waals surface area contributed by atoms with Gasteiger partial charge in [0.25, 0.3) is 0 Å². The molecule has 0 aromatic carbocycles. The van der Waals surface area contributed by atoms with Crippen LogP contribution in [0.1, 0.15) is 56.1 Å². The number of hydrogen-bond donors (Lipinski definition) is 1. The molecule has 0 bridgehead atoms. The van der Waals surface area contributed by atoms with Crippen LogP contribution in [0.25, 0.3) is 0 Å². The van der Waals surface area contributed by atoms with Crippen molar-refractivity contribution in [2.24, 2.45) is 0 Å². The molecule has 0 radical (unpaired) electrons. The van der Waals surface area contributed by atoms with Gasteiger partial charge in [-0.05, 0) is 46.1 Å². The molecule has 0 spiro atoms. The third kappa shape index (κ3) is 5.64. The Morgan fingerprint density at radius 1 is 1.37 bits per heavy atom. The Hall–Kier alpha value is -2.78. The standard InChI is InChI=1S/C20H26F3N3O4/c1-6-8-12-9-7-10-26(12)16-13(20(21,22)23)11-14(15(25-16)17(27)29-5)24-18(28)30-19(2,3)4/h6,11-12H,1,7-10H2,2-5H3,(H,24,28). The number of rotatable bonds is 5. The number of ether oxygens (including phenoxy) is 2. The summed E-state index contributed by atoms with van der Waals surface area (Å²) in [5.41, 5.74) is -2.82. The fourth-order valence-corrected chi connectivity index (χ4v) is 3.24. The minimum Gasteiger partial charge on any atom is -0.464 e. The summed E-state index contributed by atoms with van der Waals surface area (Å²) in [5.74, 6) is -1.35. The summed E-state index contributed by atoms with van der Waals surface area (Å²) in [5, 5.41) is 2.19. The smallest absolute Gasteiger partial charge is 0.420 e. The van der Waals surface area contributed by atoms with Gasteiger partial charge in [0.1, 0.15) is 17.0 Å². The molecule has 10 heteroatoms. The topological polar surface area (TPSA) is 80.8 Å². The number of anilines is 2. The molecule has 166 valence electrons. The highest BCUT2D eigenvalue weighted by molar-refractivity contribution is 5.99. The summed E-state index contributed by atoms with van der Waals surface area (Å²) in [6, 6.07) is 0.480. The van der Waals surface area contributed by atoms with Crippen LogP contribution in [-0.4, -0.2) is 42.3 Å². The van der Waals surface area contributed by atoms with Gasteiger partial charge >= 0.3 is 18.2 Å². The molecule has 1 aliphatic rings. The lowest BCUT2D eigenvalue weighted by Gasteiger charge is -2.28. The molecule has 30 heavy (non-hydrogen) atoms. The Morgan fingerprint density at radius 3 is 2.57 bits per heavy atom. The van der Waals surface area contributed by atoms with E-state index < -0.39 is 40.8 Å². The second-order valence-electron chi connectivity index (χ2n) is 7.89. The lowest BCUT2D eigenvalue weighted by Crippen LogP contribution is -2.33. The Balaban J connectivity index is 2.59. The zero-order valence-electron chi connectivity index (χ0n) is 17.4. The van der Waals surface area contributed by atoms with E-state index in [9.17, 15) is 22.8 Å². The number of hydrogen-bond acceptors (Lipinski definition) is 6. The van der Waals surface area contributed by atoms with Crippen LogP contribution in [0.2, 0.25) is 0 Å². The number of carbonyl (C=O) groups is 2. The van der Waals surface area contributed by atoms with E-state index in [1.54, 1.807) is 26.8 Å². The Kier molecular flexibility index (Phi) is 6.99. The quantitative estimate of drug-likeness (QED) is 0.536. The van der Waals surface area contributed by atoms with Crippen LogP contribution in [0, 0.1) is 0 Å². The first-order chi connectivity index (χ1) is 13.9. The van der Waals surface area contributed by atoms with Crippen molar-refractivity contribution in [2.75, 3.05) is 23.9 Å². The molecule has 7 nitrogen and oxygen atoms in total. The summed E-state index contributed by atoms with van der Waals surface area (Å²) >= 11 is 0. The van der Waals surface area contributed by atoms with Gasteiger partial charge in [-0.25, -0.2) is 14.6 Å². The number of amides is 1. The van der Waals surface area contributed by atoms with Gasteiger partial charge in [-0.3, -0.25) is 5.32 Å². The largest absolute Gasteiger partial charge is 0.464 e. The predicted octanol–water partition coefficient (Wildman–Crippen LogP) is 4.78. The zero-order valence-corrected chi connectivity index (χ0v) is 17.4. The molecule has 1 saturated heterocycles. The highest BCUT2D eigenvalue weighted by Crippen LogP contribution is 2.41. The summed E-state index contributed by atoms with van der Waals surface area (Å²) < 4.78 is 51.4. The molecular weight excluding hydrogens is 403 g/mol. The van der Waals surface area contributed by atoms with Gasteiger partial charge < -0.3 is 14.4 Å². The molecular formula is C20H26F3N3O4. The van der Waals surface area contributed by atoms with Gasteiger partial charge in [0.15, 0.2) is 5.69 Å². The zero-order chi connectivity index (χ0) is 22.7. The summed E-state index contributed by atoms with van der Waals surface area (Å²) in [4.78, 5) is 29.9. The summed E-state index contributed by atoms with van der Waals surface area (Å²) in [6.45, 7) is 8.81. The molecule has 0 saturated carbocycles. The van der Waals surface area contributed by atoms with Crippen LogP contribution in [0.5, 0.6) is 0 Å². The van der Waals surface area contributed by atoms with Crippen molar-refractivity contribution < 1.29 is 32.2 Å². The first-order valence-corrected chi connectivity index (χ1v) is 9.45. The number of carbonyl (C=O) groups excluding carboxylic acids is 2. The molecule has 1 unspecified atom stereocenters. The molecule has 1 N–H and O–H groups in total. The lowest BCUT2D eigenvalue weighted by atomic mass is 10.1. The van der Waals surface area contributed by atoms with Crippen LogP contribution in [0.4, 0.5) is 29.5 Å². The summed E-state index contributed by atoms with van der Waals surface area (Å²) in [7, 11) is 1.08. The second-order valence-corrected chi connectivity index (χ2v) is 7.89. The van der Waals surface area contributed by atoms with E-state index in [0.29, 0.717) is 31.9 Å². The number of aromatic nitrogens is 1. The molecule has 2 rings (SSSR count). The number of nitrogens with one attached hydrogen (secondary N) is 1. The van der Waals surface area contributed by atoms with E-state index in [4.69, 9.17) is 4.74 Å². The molecule has 2 heterocycles. The first-order valence-electron chi connectivity index (χ1n) is 9.45. The molecule has 1 fully saturated rings. The van der Waals surface area contributed by atoms with Crippen molar-refractivity contribution in [2.45, 2.75) is 57.9 Å². The van der Waals surface area contributed by atoms with Gasteiger partial charge in [-0.1, -0.05) is 6.08 Å². The number of esters is 1. The van der Waals surface area contributed by atoms with Crippen molar-refractivity contribution >= 4 is 23.6 Å². The molecule has 0 aliphatic carbocycles. The van der Waals surface area contributed by atoms with E-state index in [2.05, 4.69) is 21.6 Å². The van der Waals surface area contributed by atoms with Crippen molar-refractivity contribution in [1.29, 1.82) is 0 Å². The number of halogens is 3. The van der Waals surface area contributed by atoms with Crippen molar-refractivity contribution in [3.63, 3.8) is 0 Å². The van der Waals surface area contributed by atoms with E-state index in [0.717, 1.165) is 7.11 Å². The van der Waals surface area contributed by atoms with Gasteiger partial charge in [-0.15, -0.1) is 6.58 Å². The van der Waals surface area contributed by atoms with Crippen molar-refractivity contribution in [3.05, 3.63) is 30.0 Å². The number of nitrogens with zero attached hydrogens (tertiary/aromatic N) is 2. The van der Waals surface area contributed by atoms with E-state index in [1.807, 2.05) is 0 Å². The third-order valence-electron chi connectivity index (χ3n) is 4.41. The normalized spacial score (nSPS) is 16.9. The van der Waals surface area contributed by atoms with E-state index in [-0.39, 0.29) is 11.9 Å². The highest BCUT2D eigenvalue weighted by atomic mass is 19.4. The average molecular weight is 429 g/mol. The maximum atomic E-state index is 13.9. The lowest BCUT2D eigenvalue weighted by molar-refractivity contribution is -0.137. The van der Waals surface area contributed by atoms with Crippen LogP contribution >= 0.6 is 0 Å². The third-order valence-corrected chi connectivity index (χ3v) is 4.41. The molecule has 1 aromatic heterocycles. The van der Waals surface area contributed by atoms with Gasteiger partial charge in [-0.2, -0.15) is 13.2 Å². The molecule has 1 amide bonds. The maximum absolute atomic E-state index is 13.9. The molecule has 1 aromatic rings. The Labute approximate surface area is 173 Å². The first kappa shape index (κ1) is 23.5. The van der Waals surface area contributed by atoms with Crippen molar-refractivity contribution in [1.82, 2.24) is 4.98 Å². The predicted molar refractivity (Wildman–Crippen MR) is 106 cm³/mol. The minimum absolute atomic E-state index is 0.216. The van der Waals surface area contributed by atoms with Crippen molar-refractivity contribution in [3.8, 4) is 0 Å². The van der Waals surface area contributed by atoms with E-state index >= 15 is 0 Å². The van der Waals surface area contributed by atoms with Gasteiger partial charge in [0, 0.05) is 12.6 Å². The van der Waals surface area contributed by atoms with Crippen LogP contribution in [-0.2, 0) is 15.7 Å². The molecule has 1 aliphatic heterocycles. The van der Waals surface area contributed by atoms with Crippen LogP contribution in [0.3, 0.4) is 0 Å². The van der Waals surface area contributed by atoms with Gasteiger partial charge in [0.05, 0.1) is 12.8 Å².